The number of amides is 2. The lowest BCUT2D eigenvalue weighted by molar-refractivity contribution is -0.115. The molecule has 2 rings (SSSR count). The van der Waals surface area contributed by atoms with Crippen molar-refractivity contribution >= 4 is 40.4 Å². The average molecular weight is 378 g/mol. The molecule has 25 heavy (non-hydrogen) atoms. The van der Waals surface area contributed by atoms with Crippen molar-refractivity contribution < 1.29 is 14.0 Å². The maximum absolute atomic E-state index is 13.5. The first kappa shape index (κ1) is 19.3. The molecule has 4 nitrogen and oxygen atoms in total. The number of carbonyl (C=O) groups excluding carboxylic acids is 2. The number of benzene rings is 2. The Bertz CT molecular complexity index is 736. The lowest BCUT2D eigenvalue weighted by Crippen LogP contribution is -2.16. The summed E-state index contributed by atoms with van der Waals surface area (Å²) >= 11 is 2.44. The Morgan fingerprint density at radius 1 is 1.08 bits per heavy atom. The highest BCUT2D eigenvalue weighted by molar-refractivity contribution is 8.13. The van der Waals surface area contributed by atoms with E-state index in [1.54, 1.807) is 56.6 Å². The quantitative estimate of drug-likeness (QED) is 0.739. The van der Waals surface area contributed by atoms with Gasteiger partial charge in [-0.15, -0.1) is 11.8 Å². The number of rotatable bonds is 6. The van der Waals surface area contributed by atoms with Crippen LogP contribution in [0.15, 0.2) is 58.3 Å². The third kappa shape index (κ3) is 6.43. The summed E-state index contributed by atoms with van der Waals surface area (Å²) in [5, 5.41) is 2.74. The molecule has 0 aliphatic carbocycles. The summed E-state index contributed by atoms with van der Waals surface area (Å²) in [6.45, 7) is 0. The predicted octanol–water partition coefficient (Wildman–Crippen LogP) is 4.72. The van der Waals surface area contributed by atoms with Gasteiger partial charge in [0.25, 0.3) is 5.24 Å². The van der Waals surface area contributed by atoms with Crippen LogP contribution in [-0.2, 0) is 4.79 Å². The minimum Gasteiger partial charge on any atom is -0.339 e. The van der Waals surface area contributed by atoms with Crippen molar-refractivity contribution in [3.8, 4) is 0 Å². The van der Waals surface area contributed by atoms with Crippen molar-refractivity contribution in [1.29, 1.82) is 0 Å². The van der Waals surface area contributed by atoms with E-state index in [9.17, 15) is 14.0 Å². The molecule has 0 aliphatic heterocycles. The van der Waals surface area contributed by atoms with Crippen molar-refractivity contribution in [2.45, 2.75) is 16.2 Å². The lowest BCUT2D eigenvalue weighted by Gasteiger charge is -2.10. The van der Waals surface area contributed by atoms with Crippen LogP contribution < -0.4 is 5.32 Å². The van der Waals surface area contributed by atoms with E-state index in [0.29, 0.717) is 16.3 Å². The molecule has 0 aliphatic rings. The smallest absolute Gasteiger partial charge is 0.285 e. The van der Waals surface area contributed by atoms with Gasteiger partial charge in [-0.05, 0) is 48.2 Å². The maximum atomic E-state index is 13.5. The van der Waals surface area contributed by atoms with Gasteiger partial charge in [0.15, 0.2) is 0 Å². The molecule has 1 N–H and O–H groups in total. The highest BCUT2D eigenvalue weighted by Gasteiger charge is 2.08. The summed E-state index contributed by atoms with van der Waals surface area (Å²) in [4.78, 5) is 26.4. The molecule has 0 unspecified atom stereocenters. The second-order valence-corrected chi connectivity index (χ2v) is 7.53. The lowest BCUT2D eigenvalue weighted by atomic mass is 10.3. The molecular formula is C18H19FN2O2S2. The second kappa shape index (κ2) is 9.48. The van der Waals surface area contributed by atoms with Crippen LogP contribution in [0.5, 0.6) is 0 Å². The van der Waals surface area contributed by atoms with Crippen LogP contribution >= 0.6 is 23.5 Å². The Morgan fingerprint density at radius 2 is 1.76 bits per heavy atom. The molecule has 0 aromatic heterocycles. The number of hydrogen-bond acceptors (Lipinski definition) is 4. The molecule has 0 atom stereocenters. The van der Waals surface area contributed by atoms with Crippen LogP contribution in [0.1, 0.15) is 6.42 Å². The summed E-state index contributed by atoms with van der Waals surface area (Å²) in [5.41, 5.74) is 0.669. The van der Waals surface area contributed by atoms with Crippen LogP contribution in [0, 0.1) is 5.82 Å². The van der Waals surface area contributed by atoms with Crippen LogP contribution in [0.2, 0.25) is 0 Å². The molecule has 0 fully saturated rings. The van der Waals surface area contributed by atoms with Crippen molar-refractivity contribution in [2.24, 2.45) is 0 Å². The van der Waals surface area contributed by atoms with Gasteiger partial charge in [-0.1, -0.05) is 12.1 Å². The fraction of sp³-hybridized carbons (Fsp3) is 0.222. The van der Waals surface area contributed by atoms with Gasteiger partial charge in [0, 0.05) is 41.7 Å². The number of nitrogens with zero attached hydrogens (tertiary/aromatic N) is 1. The van der Waals surface area contributed by atoms with Crippen LogP contribution in [0.4, 0.5) is 14.9 Å². The van der Waals surface area contributed by atoms with Gasteiger partial charge in [-0.2, -0.15) is 0 Å². The van der Waals surface area contributed by atoms with E-state index < -0.39 is 0 Å². The summed E-state index contributed by atoms with van der Waals surface area (Å²) in [6.07, 6.45) is 0.286. The minimum absolute atomic E-state index is 0.0537. The normalized spacial score (nSPS) is 10.4. The molecule has 2 aromatic rings. The molecule has 2 amide bonds. The molecule has 132 valence electrons. The third-order valence-electron chi connectivity index (χ3n) is 3.13. The zero-order valence-electron chi connectivity index (χ0n) is 14.0. The summed E-state index contributed by atoms with van der Waals surface area (Å²) in [7, 11) is 3.40. The first-order valence-corrected chi connectivity index (χ1v) is 9.42. The van der Waals surface area contributed by atoms with E-state index in [2.05, 4.69) is 5.32 Å². The number of anilines is 1. The van der Waals surface area contributed by atoms with E-state index in [0.717, 1.165) is 16.7 Å². The Hall–Kier alpha value is -1.99. The van der Waals surface area contributed by atoms with E-state index in [-0.39, 0.29) is 23.4 Å². The topological polar surface area (TPSA) is 49.4 Å². The number of halogens is 1. The maximum Gasteiger partial charge on any atom is 0.285 e. The van der Waals surface area contributed by atoms with Gasteiger partial charge >= 0.3 is 0 Å². The summed E-state index contributed by atoms with van der Waals surface area (Å²) in [5.74, 6) is 0.0970. The Balaban J connectivity index is 1.78. The Kier molecular flexibility index (Phi) is 7.33. The highest BCUT2D eigenvalue weighted by atomic mass is 32.2. The van der Waals surface area contributed by atoms with E-state index >= 15 is 0 Å². The molecule has 0 bridgehead atoms. The molecule has 0 spiro atoms. The van der Waals surface area contributed by atoms with Gasteiger partial charge in [-0.3, -0.25) is 9.59 Å². The predicted molar refractivity (Wildman–Crippen MR) is 102 cm³/mol. The van der Waals surface area contributed by atoms with E-state index in [4.69, 9.17) is 0 Å². The van der Waals surface area contributed by atoms with Gasteiger partial charge in [0.2, 0.25) is 5.91 Å². The van der Waals surface area contributed by atoms with Gasteiger partial charge in [-0.25, -0.2) is 4.39 Å². The Labute approximate surface area is 155 Å². The number of thioether (sulfide) groups is 2. The minimum atomic E-state index is -0.270. The first-order chi connectivity index (χ1) is 12.0. The molecule has 7 heteroatoms. The zero-order chi connectivity index (χ0) is 18.2. The molecule has 0 saturated carbocycles. The number of nitrogens with one attached hydrogen (secondary N) is 1. The average Bonchev–Trinajstić information content (AvgIpc) is 2.58. The standard InChI is InChI=1S/C18H19FN2O2S2/c1-21(2)18(23)25-14-9-7-13(8-10-14)20-17(22)11-12-24-16-6-4-3-5-15(16)19/h3-10H,11-12H2,1-2H3,(H,20,22). The SMILES string of the molecule is CN(C)C(=O)Sc1ccc(NC(=O)CCSc2ccccc2F)cc1. The summed E-state index contributed by atoms with van der Waals surface area (Å²) in [6, 6.07) is 13.6. The van der Waals surface area contributed by atoms with Crippen molar-refractivity contribution in [1.82, 2.24) is 4.90 Å². The van der Waals surface area contributed by atoms with E-state index in [1.165, 1.54) is 22.7 Å². The van der Waals surface area contributed by atoms with Crippen LogP contribution in [-0.4, -0.2) is 35.9 Å². The molecule has 0 radical (unpaired) electrons. The first-order valence-electron chi connectivity index (χ1n) is 7.62. The molecular weight excluding hydrogens is 359 g/mol. The van der Waals surface area contributed by atoms with Crippen molar-refractivity contribution in [3.63, 3.8) is 0 Å². The molecule has 0 saturated heterocycles. The van der Waals surface area contributed by atoms with Crippen molar-refractivity contribution in [2.75, 3.05) is 25.2 Å². The van der Waals surface area contributed by atoms with Crippen molar-refractivity contribution in [3.05, 3.63) is 54.3 Å². The fourth-order valence-corrected chi connectivity index (χ4v) is 3.38. The molecule has 0 heterocycles. The number of carbonyl (C=O) groups is 2. The monoisotopic (exact) mass is 378 g/mol. The van der Waals surface area contributed by atoms with Gasteiger partial charge < -0.3 is 10.2 Å². The summed E-state index contributed by atoms with van der Waals surface area (Å²) < 4.78 is 13.5. The largest absolute Gasteiger partial charge is 0.339 e. The van der Waals surface area contributed by atoms with Gasteiger partial charge in [0.1, 0.15) is 5.82 Å². The molecule has 2 aromatic carbocycles. The van der Waals surface area contributed by atoms with E-state index in [1.807, 2.05) is 0 Å². The third-order valence-corrected chi connectivity index (χ3v) is 5.23. The zero-order valence-corrected chi connectivity index (χ0v) is 15.6. The highest BCUT2D eigenvalue weighted by Crippen LogP contribution is 2.23. The fourth-order valence-electron chi connectivity index (χ4n) is 1.84. The van der Waals surface area contributed by atoms with Crippen LogP contribution in [0.25, 0.3) is 0 Å². The van der Waals surface area contributed by atoms with Gasteiger partial charge in [0.05, 0.1) is 0 Å². The van der Waals surface area contributed by atoms with Crippen LogP contribution in [0.3, 0.4) is 0 Å². The second-order valence-electron chi connectivity index (χ2n) is 5.36. The number of hydrogen-bond donors (Lipinski definition) is 1. The Morgan fingerprint density at radius 3 is 2.40 bits per heavy atom.